The molecule has 1 aliphatic heterocycles. The van der Waals surface area contributed by atoms with Gasteiger partial charge < -0.3 is 5.73 Å². The largest absolute Gasteiger partial charge is 0.329 e. The Bertz CT molecular complexity index is 197. The van der Waals surface area contributed by atoms with E-state index < -0.39 is 0 Å². The molecular weight excluding hydrogens is 196 g/mol. The minimum atomic E-state index is 0.270. The molecule has 2 heteroatoms. The molecule has 1 aliphatic rings. The zero-order valence-electron chi connectivity index (χ0n) is 11.7. The summed E-state index contributed by atoms with van der Waals surface area (Å²) in [4.78, 5) is 2.68. The highest BCUT2D eigenvalue weighted by molar-refractivity contribution is 4.98. The van der Waals surface area contributed by atoms with Crippen LogP contribution in [0, 0.1) is 5.41 Å². The maximum atomic E-state index is 6.04. The van der Waals surface area contributed by atoms with Gasteiger partial charge in [-0.15, -0.1) is 0 Å². The molecule has 1 fully saturated rings. The zero-order chi connectivity index (χ0) is 12.2. The lowest BCUT2D eigenvalue weighted by Crippen LogP contribution is -2.52. The van der Waals surface area contributed by atoms with Crippen LogP contribution in [0.2, 0.25) is 0 Å². The summed E-state index contributed by atoms with van der Waals surface area (Å²) in [6.07, 6.45) is 6.36. The average molecular weight is 226 g/mol. The molecule has 96 valence electrons. The van der Waals surface area contributed by atoms with E-state index in [-0.39, 0.29) is 5.54 Å². The van der Waals surface area contributed by atoms with Gasteiger partial charge in [0.15, 0.2) is 0 Å². The molecule has 1 heterocycles. The highest BCUT2D eigenvalue weighted by Crippen LogP contribution is 2.41. The summed E-state index contributed by atoms with van der Waals surface area (Å²) >= 11 is 0. The fourth-order valence-corrected chi connectivity index (χ4v) is 3.28. The van der Waals surface area contributed by atoms with E-state index in [1.165, 1.54) is 45.2 Å². The van der Waals surface area contributed by atoms with Crippen LogP contribution < -0.4 is 5.73 Å². The summed E-state index contributed by atoms with van der Waals surface area (Å²) in [6, 6.07) is 0. The maximum Gasteiger partial charge on any atom is 0.0326 e. The van der Waals surface area contributed by atoms with Gasteiger partial charge in [-0.05, 0) is 44.1 Å². The number of nitrogens with two attached hydrogens (primary N) is 1. The molecule has 0 bridgehead atoms. The molecule has 0 aromatic heterocycles. The molecule has 0 radical (unpaired) electrons. The van der Waals surface area contributed by atoms with Crippen molar-refractivity contribution in [3.05, 3.63) is 0 Å². The van der Waals surface area contributed by atoms with Crippen LogP contribution in [-0.4, -0.2) is 30.1 Å². The van der Waals surface area contributed by atoms with Gasteiger partial charge in [-0.3, -0.25) is 4.90 Å². The van der Waals surface area contributed by atoms with Crippen molar-refractivity contribution in [1.82, 2.24) is 4.90 Å². The van der Waals surface area contributed by atoms with E-state index >= 15 is 0 Å². The van der Waals surface area contributed by atoms with E-state index in [0.29, 0.717) is 5.41 Å². The summed E-state index contributed by atoms with van der Waals surface area (Å²) in [5.41, 5.74) is 6.88. The van der Waals surface area contributed by atoms with Gasteiger partial charge in [0.05, 0.1) is 0 Å². The Morgan fingerprint density at radius 2 is 1.69 bits per heavy atom. The van der Waals surface area contributed by atoms with Gasteiger partial charge in [0, 0.05) is 18.6 Å². The molecular formula is C14H30N2. The van der Waals surface area contributed by atoms with Crippen LogP contribution in [0.1, 0.15) is 59.8 Å². The number of hydrogen-bond acceptors (Lipinski definition) is 2. The van der Waals surface area contributed by atoms with Crippen molar-refractivity contribution >= 4 is 0 Å². The van der Waals surface area contributed by atoms with E-state index in [9.17, 15) is 0 Å². The van der Waals surface area contributed by atoms with E-state index in [1.54, 1.807) is 0 Å². The molecule has 2 N–H and O–H groups in total. The molecule has 0 amide bonds. The molecule has 2 nitrogen and oxygen atoms in total. The van der Waals surface area contributed by atoms with Crippen LogP contribution in [0.25, 0.3) is 0 Å². The number of nitrogens with zero attached hydrogens (tertiary/aromatic N) is 1. The third-order valence-corrected chi connectivity index (χ3v) is 5.31. The summed E-state index contributed by atoms with van der Waals surface area (Å²) in [5.74, 6) is 0. The van der Waals surface area contributed by atoms with Gasteiger partial charge in [-0.2, -0.15) is 0 Å². The van der Waals surface area contributed by atoms with Crippen LogP contribution >= 0.6 is 0 Å². The van der Waals surface area contributed by atoms with Gasteiger partial charge >= 0.3 is 0 Å². The van der Waals surface area contributed by atoms with Crippen LogP contribution in [0.5, 0.6) is 0 Å². The second kappa shape index (κ2) is 5.50. The molecule has 0 aromatic rings. The lowest BCUT2D eigenvalue weighted by Gasteiger charge is -2.41. The fraction of sp³-hybridized carbons (Fsp3) is 1.00. The summed E-state index contributed by atoms with van der Waals surface area (Å²) in [7, 11) is 0. The molecule has 1 rings (SSSR count). The monoisotopic (exact) mass is 226 g/mol. The molecule has 1 saturated heterocycles. The Morgan fingerprint density at radius 3 is 2.00 bits per heavy atom. The van der Waals surface area contributed by atoms with Crippen molar-refractivity contribution in [3.63, 3.8) is 0 Å². The Labute approximate surface area is 102 Å². The predicted molar refractivity (Wildman–Crippen MR) is 71.6 cm³/mol. The zero-order valence-corrected chi connectivity index (χ0v) is 11.7. The van der Waals surface area contributed by atoms with Crippen LogP contribution in [-0.2, 0) is 0 Å². The normalized spacial score (nSPS) is 21.6. The van der Waals surface area contributed by atoms with Crippen molar-refractivity contribution in [2.45, 2.75) is 65.3 Å². The first-order valence-corrected chi connectivity index (χ1v) is 7.07. The standard InChI is InChI=1S/C14H30N2/c1-5-13(6-2)9-10-16(12-13)14(7-3,8-4)11-15/h5-12,15H2,1-4H3. The highest BCUT2D eigenvalue weighted by atomic mass is 15.2. The number of hydrogen-bond donors (Lipinski definition) is 1. The average Bonchev–Trinajstić information content (AvgIpc) is 2.78. The Kier molecular flexibility index (Phi) is 4.81. The van der Waals surface area contributed by atoms with Gasteiger partial charge in [0.25, 0.3) is 0 Å². The lowest BCUT2D eigenvalue weighted by atomic mass is 9.81. The van der Waals surface area contributed by atoms with E-state index in [0.717, 1.165) is 6.54 Å². The van der Waals surface area contributed by atoms with Crippen molar-refractivity contribution in [3.8, 4) is 0 Å². The minimum absolute atomic E-state index is 0.270. The topological polar surface area (TPSA) is 29.3 Å². The Morgan fingerprint density at radius 1 is 1.12 bits per heavy atom. The van der Waals surface area contributed by atoms with Crippen LogP contribution in [0.3, 0.4) is 0 Å². The van der Waals surface area contributed by atoms with Crippen molar-refractivity contribution < 1.29 is 0 Å². The Hall–Kier alpha value is -0.0800. The first kappa shape index (κ1) is 14.0. The van der Waals surface area contributed by atoms with Crippen molar-refractivity contribution in [2.24, 2.45) is 11.1 Å². The van der Waals surface area contributed by atoms with Crippen molar-refractivity contribution in [2.75, 3.05) is 19.6 Å². The van der Waals surface area contributed by atoms with Gasteiger partial charge in [0.1, 0.15) is 0 Å². The maximum absolute atomic E-state index is 6.04. The number of rotatable bonds is 6. The molecule has 0 unspecified atom stereocenters. The molecule has 0 saturated carbocycles. The molecule has 0 aromatic carbocycles. The molecule has 16 heavy (non-hydrogen) atoms. The minimum Gasteiger partial charge on any atom is -0.329 e. The first-order valence-electron chi connectivity index (χ1n) is 7.07. The molecule has 0 atom stereocenters. The lowest BCUT2D eigenvalue weighted by molar-refractivity contribution is 0.0943. The third kappa shape index (κ3) is 2.28. The third-order valence-electron chi connectivity index (χ3n) is 5.31. The quantitative estimate of drug-likeness (QED) is 0.754. The first-order chi connectivity index (χ1) is 7.62. The highest BCUT2D eigenvalue weighted by Gasteiger charge is 2.42. The fourth-order valence-electron chi connectivity index (χ4n) is 3.28. The van der Waals surface area contributed by atoms with Crippen LogP contribution in [0.4, 0.5) is 0 Å². The smallest absolute Gasteiger partial charge is 0.0326 e. The van der Waals surface area contributed by atoms with E-state index in [2.05, 4.69) is 32.6 Å². The van der Waals surface area contributed by atoms with Crippen LogP contribution in [0.15, 0.2) is 0 Å². The molecule has 0 spiro atoms. The van der Waals surface area contributed by atoms with E-state index in [4.69, 9.17) is 5.73 Å². The second-order valence-electron chi connectivity index (χ2n) is 5.51. The summed E-state index contributed by atoms with van der Waals surface area (Å²) in [5, 5.41) is 0. The summed E-state index contributed by atoms with van der Waals surface area (Å²) < 4.78 is 0. The van der Waals surface area contributed by atoms with Gasteiger partial charge in [0.2, 0.25) is 0 Å². The Balaban J connectivity index is 2.77. The van der Waals surface area contributed by atoms with Crippen molar-refractivity contribution in [1.29, 1.82) is 0 Å². The van der Waals surface area contributed by atoms with Gasteiger partial charge in [-0.25, -0.2) is 0 Å². The predicted octanol–water partition coefficient (Wildman–Crippen LogP) is 3.02. The second-order valence-corrected chi connectivity index (χ2v) is 5.51. The number of likely N-dealkylation sites (tertiary alicyclic amines) is 1. The van der Waals surface area contributed by atoms with E-state index in [1.807, 2.05) is 0 Å². The van der Waals surface area contributed by atoms with Gasteiger partial charge in [-0.1, -0.05) is 27.7 Å². The summed E-state index contributed by atoms with van der Waals surface area (Å²) in [6.45, 7) is 12.6. The molecule has 0 aliphatic carbocycles. The SMILES string of the molecule is CCC1(CC)CCN(C(CC)(CC)CN)C1.